The highest BCUT2D eigenvalue weighted by Gasteiger charge is 2.31. The lowest BCUT2D eigenvalue weighted by atomic mass is 10.1. The molecule has 2 aromatic carbocycles. The van der Waals surface area contributed by atoms with E-state index in [1.807, 2.05) is 61.5 Å². The van der Waals surface area contributed by atoms with E-state index in [1.165, 1.54) is 12.8 Å². The Bertz CT molecular complexity index is 1300. The van der Waals surface area contributed by atoms with Crippen molar-refractivity contribution >= 4 is 29.1 Å². The van der Waals surface area contributed by atoms with Crippen LogP contribution in [0.15, 0.2) is 59.8 Å². The molecule has 4 aromatic rings. The maximum Gasteiger partial charge on any atom is 0.247 e. The summed E-state index contributed by atoms with van der Waals surface area (Å²) in [6.45, 7) is 4.12. The summed E-state index contributed by atoms with van der Waals surface area (Å²) in [4.78, 5) is 4.73. The molecule has 174 valence electrons. The van der Waals surface area contributed by atoms with E-state index in [1.54, 1.807) is 16.4 Å². The summed E-state index contributed by atoms with van der Waals surface area (Å²) in [7, 11) is 0. The van der Waals surface area contributed by atoms with Crippen molar-refractivity contribution < 1.29 is 4.74 Å². The molecule has 9 heteroatoms. The Balaban J connectivity index is 1.54. The smallest absolute Gasteiger partial charge is 0.247 e. The number of fused-ring (bicyclic) bond motifs is 3. The zero-order chi connectivity index (χ0) is 23.5. The fourth-order valence-electron chi connectivity index (χ4n) is 3.90. The second-order valence-electron chi connectivity index (χ2n) is 8.03. The van der Waals surface area contributed by atoms with Crippen LogP contribution in [-0.2, 0) is 0 Å². The van der Waals surface area contributed by atoms with Crippen molar-refractivity contribution in [1.82, 2.24) is 25.0 Å². The largest absolute Gasteiger partial charge is 0.447 e. The molecule has 3 heterocycles. The van der Waals surface area contributed by atoms with E-state index in [-0.39, 0.29) is 0 Å². The van der Waals surface area contributed by atoms with Gasteiger partial charge in [-0.25, -0.2) is 4.68 Å². The lowest BCUT2D eigenvalue weighted by molar-refractivity contribution is 0.224. The number of rotatable bonds is 7. The van der Waals surface area contributed by atoms with Crippen LogP contribution in [0.1, 0.15) is 43.7 Å². The lowest BCUT2D eigenvalue weighted by Crippen LogP contribution is -2.18. The van der Waals surface area contributed by atoms with Crippen molar-refractivity contribution in [2.75, 3.05) is 11.1 Å². The summed E-state index contributed by atoms with van der Waals surface area (Å²) < 4.78 is 8.15. The molecule has 5 rings (SSSR count). The van der Waals surface area contributed by atoms with Gasteiger partial charge >= 0.3 is 0 Å². The molecule has 1 unspecified atom stereocenters. The van der Waals surface area contributed by atoms with E-state index in [4.69, 9.17) is 21.3 Å². The number of para-hydroxylation sites is 2. The van der Waals surface area contributed by atoms with Gasteiger partial charge in [0.25, 0.3) is 0 Å². The Morgan fingerprint density at radius 2 is 1.85 bits per heavy atom. The van der Waals surface area contributed by atoms with Crippen molar-refractivity contribution in [1.29, 1.82) is 0 Å². The second kappa shape index (κ2) is 10.0. The normalized spacial score (nSPS) is 14.5. The number of thioether (sulfide) groups is 1. The molecule has 1 aliphatic heterocycles. The number of hydrogen-bond donors (Lipinski definition) is 1. The molecule has 34 heavy (non-hydrogen) atoms. The molecular formula is C25H25ClN6OS. The first kappa shape index (κ1) is 22.7. The minimum Gasteiger partial charge on any atom is -0.447 e. The zero-order valence-corrected chi connectivity index (χ0v) is 20.6. The lowest BCUT2D eigenvalue weighted by Gasteiger charge is -2.19. The van der Waals surface area contributed by atoms with Crippen LogP contribution in [0.4, 0.5) is 5.69 Å². The van der Waals surface area contributed by atoms with Gasteiger partial charge in [-0.3, -0.25) is 0 Å². The minimum atomic E-state index is -0.595. The number of nitrogens with zero attached hydrogens (tertiary/aromatic N) is 5. The summed E-state index contributed by atoms with van der Waals surface area (Å²) in [5, 5.41) is 18.1. The van der Waals surface area contributed by atoms with Gasteiger partial charge < -0.3 is 10.1 Å². The number of anilines is 1. The topological polar surface area (TPSA) is 77.8 Å². The first-order valence-corrected chi connectivity index (χ1v) is 12.7. The number of unbranched alkanes of at least 4 members (excludes halogenated alkanes) is 2. The average molecular weight is 493 g/mol. The molecular weight excluding hydrogens is 468 g/mol. The Hall–Kier alpha value is -3.10. The van der Waals surface area contributed by atoms with Gasteiger partial charge in [0.2, 0.25) is 17.3 Å². The van der Waals surface area contributed by atoms with Gasteiger partial charge in [-0.15, -0.1) is 10.2 Å². The molecule has 1 N–H and O–H groups in total. The molecule has 0 fully saturated rings. The highest BCUT2D eigenvalue weighted by Crippen LogP contribution is 2.41. The van der Waals surface area contributed by atoms with Crippen molar-refractivity contribution in [3.8, 4) is 22.8 Å². The van der Waals surface area contributed by atoms with Crippen LogP contribution in [0.25, 0.3) is 16.9 Å². The standard InChI is InChI=1S/C25H25ClN6OS/c1-3-4-10-15-34-25-28-24-21(29-30-25)18-13-8-9-14-19(18)27-23(33-24)20-16(2)31-32(22(20)26)17-11-6-5-7-12-17/h5-9,11-14,23,27H,3-4,10,15H2,1-2H3. The average Bonchev–Trinajstić information content (AvgIpc) is 3.06. The van der Waals surface area contributed by atoms with Crippen LogP contribution in [0.2, 0.25) is 5.15 Å². The van der Waals surface area contributed by atoms with Crippen LogP contribution < -0.4 is 10.1 Å². The number of nitrogens with one attached hydrogen (secondary N) is 1. The minimum absolute atomic E-state index is 0.429. The predicted octanol–water partition coefficient (Wildman–Crippen LogP) is 6.47. The molecule has 0 radical (unpaired) electrons. The Morgan fingerprint density at radius 3 is 2.68 bits per heavy atom. The van der Waals surface area contributed by atoms with Crippen LogP contribution in [0, 0.1) is 6.92 Å². The molecule has 0 saturated heterocycles. The SMILES string of the molecule is CCCCCSc1nnc2c(n1)OC(c1c(C)nn(-c3ccccc3)c1Cl)Nc1ccccc1-2. The maximum atomic E-state index is 6.86. The second-order valence-corrected chi connectivity index (χ2v) is 9.45. The van der Waals surface area contributed by atoms with E-state index in [0.29, 0.717) is 21.9 Å². The Labute approximate surface area is 207 Å². The quantitative estimate of drug-likeness (QED) is 0.234. The van der Waals surface area contributed by atoms with E-state index < -0.39 is 6.23 Å². The predicted molar refractivity (Wildman–Crippen MR) is 136 cm³/mol. The fraction of sp³-hybridized carbons (Fsp3) is 0.280. The number of aromatic nitrogens is 5. The number of ether oxygens (including phenoxy) is 1. The molecule has 0 amide bonds. The van der Waals surface area contributed by atoms with Crippen molar-refractivity contribution in [2.45, 2.75) is 44.5 Å². The maximum absolute atomic E-state index is 6.86. The summed E-state index contributed by atoms with van der Waals surface area (Å²) in [5.74, 6) is 1.37. The van der Waals surface area contributed by atoms with Crippen LogP contribution in [0.3, 0.4) is 0 Å². The first-order valence-electron chi connectivity index (χ1n) is 11.4. The van der Waals surface area contributed by atoms with Crippen LogP contribution in [-0.4, -0.2) is 30.7 Å². The molecule has 0 spiro atoms. The van der Waals surface area contributed by atoms with Crippen LogP contribution in [0.5, 0.6) is 5.88 Å². The summed E-state index contributed by atoms with van der Waals surface area (Å²) in [5.41, 5.74) is 4.76. The van der Waals surface area contributed by atoms with Gasteiger partial charge in [0.1, 0.15) is 5.15 Å². The fourth-order valence-corrected chi connectivity index (χ4v) is 5.05. The number of hydrogen-bond acceptors (Lipinski definition) is 7. The molecule has 1 aliphatic rings. The summed E-state index contributed by atoms with van der Waals surface area (Å²) in [6.07, 6.45) is 2.88. The summed E-state index contributed by atoms with van der Waals surface area (Å²) in [6, 6.07) is 17.7. The highest BCUT2D eigenvalue weighted by molar-refractivity contribution is 7.99. The summed E-state index contributed by atoms with van der Waals surface area (Å²) >= 11 is 8.46. The van der Waals surface area contributed by atoms with Gasteiger partial charge in [0.05, 0.1) is 16.9 Å². The van der Waals surface area contributed by atoms with Gasteiger partial charge in [-0.05, 0) is 31.5 Å². The Kier molecular flexibility index (Phi) is 6.69. The van der Waals surface area contributed by atoms with E-state index >= 15 is 0 Å². The number of benzene rings is 2. The molecule has 7 nitrogen and oxygen atoms in total. The van der Waals surface area contributed by atoms with Crippen molar-refractivity contribution in [3.05, 3.63) is 71.0 Å². The third-order valence-corrected chi connectivity index (χ3v) is 6.91. The molecule has 1 atom stereocenters. The molecule has 2 aromatic heterocycles. The third-order valence-electron chi connectivity index (χ3n) is 5.62. The first-order chi connectivity index (χ1) is 16.7. The van der Waals surface area contributed by atoms with Crippen LogP contribution >= 0.6 is 23.4 Å². The molecule has 0 saturated carbocycles. The molecule has 0 aliphatic carbocycles. The third kappa shape index (κ3) is 4.48. The van der Waals surface area contributed by atoms with E-state index in [9.17, 15) is 0 Å². The molecule has 0 bridgehead atoms. The highest BCUT2D eigenvalue weighted by atomic mass is 35.5. The zero-order valence-electron chi connectivity index (χ0n) is 19.0. The van der Waals surface area contributed by atoms with Gasteiger partial charge in [-0.1, -0.05) is 79.5 Å². The van der Waals surface area contributed by atoms with Gasteiger partial charge in [0.15, 0.2) is 5.69 Å². The van der Waals surface area contributed by atoms with Crippen molar-refractivity contribution in [3.63, 3.8) is 0 Å². The Morgan fingerprint density at radius 1 is 1.06 bits per heavy atom. The number of halogens is 1. The van der Waals surface area contributed by atoms with Gasteiger partial charge in [0, 0.05) is 17.0 Å². The number of aryl methyl sites for hydroxylation is 1. The van der Waals surface area contributed by atoms with E-state index in [0.717, 1.165) is 40.4 Å². The monoisotopic (exact) mass is 492 g/mol. The van der Waals surface area contributed by atoms with Gasteiger partial charge in [-0.2, -0.15) is 10.1 Å². The van der Waals surface area contributed by atoms with E-state index in [2.05, 4.69) is 27.5 Å². The van der Waals surface area contributed by atoms with Crippen molar-refractivity contribution in [2.24, 2.45) is 0 Å².